The third-order valence-corrected chi connectivity index (χ3v) is 3.91. The fourth-order valence-corrected chi connectivity index (χ4v) is 2.54. The van der Waals surface area contributed by atoms with Crippen molar-refractivity contribution >= 4 is 23.2 Å². The Morgan fingerprint density at radius 3 is 2.43 bits per heavy atom. The Balaban J connectivity index is 1.96. The second-order valence-electron chi connectivity index (χ2n) is 5.36. The Bertz CT molecular complexity index is 661. The van der Waals surface area contributed by atoms with Crippen LogP contribution in [0.25, 0.3) is 0 Å². The number of ether oxygens (including phenoxy) is 1. The summed E-state index contributed by atoms with van der Waals surface area (Å²) in [5.41, 5.74) is 1.78. The SMILES string of the molecule is COc1ccc(NC(=O)[C@@H](C)N[C@H](C)c2ccccc2)cc1Cl. The molecule has 0 spiro atoms. The van der Waals surface area contributed by atoms with Crippen LogP contribution in [0.2, 0.25) is 5.02 Å². The van der Waals surface area contributed by atoms with Crippen LogP contribution in [0.4, 0.5) is 5.69 Å². The number of halogens is 1. The van der Waals surface area contributed by atoms with Crippen LogP contribution in [0.3, 0.4) is 0 Å². The van der Waals surface area contributed by atoms with Gasteiger partial charge < -0.3 is 10.1 Å². The minimum atomic E-state index is -0.342. The van der Waals surface area contributed by atoms with Crippen LogP contribution in [0.1, 0.15) is 25.5 Å². The van der Waals surface area contributed by atoms with E-state index in [-0.39, 0.29) is 18.0 Å². The second-order valence-corrected chi connectivity index (χ2v) is 5.77. The van der Waals surface area contributed by atoms with Crippen LogP contribution in [0.5, 0.6) is 5.75 Å². The van der Waals surface area contributed by atoms with Crippen LogP contribution in [-0.2, 0) is 4.79 Å². The number of carbonyl (C=O) groups is 1. The summed E-state index contributed by atoms with van der Waals surface area (Å²) in [6.07, 6.45) is 0. The molecule has 2 rings (SSSR count). The lowest BCUT2D eigenvalue weighted by atomic mass is 10.1. The number of rotatable bonds is 6. The van der Waals surface area contributed by atoms with Crippen LogP contribution in [0, 0.1) is 0 Å². The van der Waals surface area contributed by atoms with E-state index in [1.807, 2.05) is 44.2 Å². The number of nitrogens with one attached hydrogen (secondary N) is 2. The Morgan fingerprint density at radius 2 is 1.83 bits per heavy atom. The Hall–Kier alpha value is -2.04. The predicted molar refractivity (Wildman–Crippen MR) is 94.1 cm³/mol. The van der Waals surface area contributed by atoms with Crippen molar-refractivity contribution in [2.75, 3.05) is 12.4 Å². The Labute approximate surface area is 141 Å². The standard InChI is InChI=1S/C18H21ClN2O2/c1-12(14-7-5-4-6-8-14)20-13(2)18(22)21-15-9-10-17(23-3)16(19)11-15/h4-13,20H,1-3H3,(H,21,22)/t12-,13-/m1/s1. The number of carbonyl (C=O) groups excluding carboxylic acids is 1. The average Bonchev–Trinajstić information content (AvgIpc) is 2.55. The molecule has 23 heavy (non-hydrogen) atoms. The van der Waals surface area contributed by atoms with Gasteiger partial charge in [0.1, 0.15) is 5.75 Å². The molecule has 0 saturated heterocycles. The lowest BCUT2D eigenvalue weighted by Crippen LogP contribution is -2.39. The number of amides is 1. The number of hydrogen-bond acceptors (Lipinski definition) is 3. The van der Waals surface area contributed by atoms with Crippen molar-refractivity contribution in [1.29, 1.82) is 0 Å². The number of hydrogen-bond donors (Lipinski definition) is 2. The van der Waals surface area contributed by atoms with Gasteiger partial charge >= 0.3 is 0 Å². The first-order valence-electron chi connectivity index (χ1n) is 7.46. The van der Waals surface area contributed by atoms with E-state index in [4.69, 9.17) is 16.3 Å². The molecule has 0 aliphatic rings. The van der Waals surface area contributed by atoms with Crippen LogP contribution < -0.4 is 15.4 Å². The summed E-state index contributed by atoms with van der Waals surface area (Å²) in [6.45, 7) is 3.86. The molecule has 5 heteroatoms. The summed E-state index contributed by atoms with van der Waals surface area (Å²) in [4.78, 5) is 12.3. The molecule has 0 bridgehead atoms. The van der Waals surface area contributed by atoms with Gasteiger partial charge in [-0.1, -0.05) is 41.9 Å². The fraction of sp³-hybridized carbons (Fsp3) is 0.278. The molecule has 2 N–H and O–H groups in total. The van der Waals surface area contributed by atoms with Gasteiger partial charge in [-0.2, -0.15) is 0 Å². The van der Waals surface area contributed by atoms with Gasteiger partial charge in [0.2, 0.25) is 5.91 Å². The molecule has 2 aromatic rings. The number of methoxy groups -OCH3 is 1. The number of benzene rings is 2. The number of anilines is 1. The van der Waals surface area contributed by atoms with E-state index in [0.29, 0.717) is 16.5 Å². The highest BCUT2D eigenvalue weighted by molar-refractivity contribution is 6.32. The van der Waals surface area contributed by atoms with Gasteiger partial charge in [-0.05, 0) is 37.6 Å². The highest BCUT2D eigenvalue weighted by Crippen LogP contribution is 2.27. The molecule has 0 aliphatic heterocycles. The van der Waals surface area contributed by atoms with Gasteiger partial charge in [0, 0.05) is 11.7 Å². The molecule has 0 unspecified atom stereocenters. The summed E-state index contributed by atoms with van der Waals surface area (Å²) < 4.78 is 5.10. The normalized spacial score (nSPS) is 13.2. The van der Waals surface area contributed by atoms with E-state index < -0.39 is 0 Å². The van der Waals surface area contributed by atoms with Gasteiger partial charge in [0.25, 0.3) is 0 Å². The second kappa shape index (κ2) is 7.99. The summed E-state index contributed by atoms with van der Waals surface area (Å²) in [5, 5.41) is 6.59. The molecular weight excluding hydrogens is 312 g/mol. The molecular formula is C18H21ClN2O2. The lowest BCUT2D eigenvalue weighted by molar-refractivity contribution is -0.117. The van der Waals surface area contributed by atoms with E-state index in [9.17, 15) is 4.79 Å². The maximum atomic E-state index is 12.3. The topological polar surface area (TPSA) is 50.4 Å². The largest absolute Gasteiger partial charge is 0.495 e. The van der Waals surface area contributed by atoms with Gasteiger partial charge in [0.05, 0.1) is 18.2 Å². The third kappa shape index (κ3) is 4.71. The highest BCUT2D eigenvalue weighted by atomic mass is 35.5. The zero-order valence-electron chi connectivity index (χ0n) is 13.5. The molecule has 0 heterocycles. The molecule has 0 radical (unpaired) electrons. The van der Waals surface area contributed by atoms with Crippen molar-refractivity contribution in [1.82, 2.24) is 5.32 Å². The van der Waals surface area contributed by atoms with Crippen molar-refractivity contribution in [3.63, 3.8) is 0 Å². The molecule has 0 aromatic heterocycles. The summed E-state index contributed by atoms with van der Waals surface area (Å²) in [6, 6.07) is 14.9. The van der Waals surface area contributed by atoms with E-state index in [1.54, 1.807) is 25.3 Å². The molecule has 0 saturated carbocycles. The summed E-state index contributed by atoms with van der Waals surface area (Å²) in [7, 11) is 1.55. The zero-order chi connectivity index (χ0) is 16.8. The Morgan fingerprint density at radius 1 is 1.13 bits per heavy atom. The van der Waals surface area contributed by atoms with E-state index in [0.717, 1.165) is 5.56 Å². The first-order valence-corrected chi connectivity index (χ1v) is 7.84. The van der Waals surface area contributed by atoms with Crippen molar-refractivity contribution in [2.24, 2.45) is 0 Å². The first kappa shape index (κ1) is 17.3. The Kier molecular flexibility index (Phi) is 6.02. The minimum Gasteiger partial charge on any atom is -0.495 e. The predicted octanol–water partition coefficient (Wildman–Crippen LogP) is 4.03. The average molecular weight is 333 g/mol. The lowest BCUT2D eigenvalue weighted by Gasteiger charge is -2.20. The molecule has 2 aromatic carbocycles. The van der Waals surface area contributed by atoms with Crippen molar-refractivity contribution in [3.05, 3.63) is 59.1 Å². The smallest absolute Gasteiger partial charge is 0.241 e. The van der Waals surface area contributed by atoms with E-state index in [1.165, 1.54) is 0 Å². The zero-order valence-corrected chi connectivity index (χ0v) is 14.2. The maximum Gasteiger partial charge on any atom is 0.241 e. The molecule has 2 atom stereocenters. The van der Waals surface area contributed by atoms with Gasteiger partial charge in [-0.15, -0.1) is 0 Å². The summed E-state index contributed by atoms with van der Waals surface area (Å²) >= 11 is 6.06. The molecule has 4 nitrogen and oxygen atoms in total. The fourth-order valence-electron chi connectivity index (χ4n) is 2.28. The maximum absolute atomic E-state index is 12.3. The molecule has 122 valence electrons. The molecule has 0 aliphatic carbocycles. The van der Waals surface area contributed by atoms with Crippen molar-refractivity contribution < 1.29 is 9.53 Å². The molecule has 0 fully saturated rings. The van der Waals surface area contributed by atoms with Gasteiger partial charge in [-0.3, -0.25) is 10.1 Å². The quantitative estimate of drug-likeness (QED) is 0.839. The van der Waals surface area contributed by atoms with Crippen LogP contribution >= 0.6 is 11.6 Å². The van der Waals surface area contributed by atoms with Crippen molar-refractivity contribution in [2.45, 2.75) is 25.9 Å². The van der Waals surface area contributed by atoms with E-state index in [2.05, 4.69) is 10.6 Å². The summed E-state index contributed by atoms with van der Waals surface area (Å²) in [5.74, 6) is 0.461. The van der Waals surface area contributed by atoms with E-state index >= 15 is 0 Å². The van der Waals surface area contributed by atoms with Gasteiger partial charge in [-0.25, -0.2) is 0 Å². The minimum absolute atomic E-state index is 0.0800. The van der Waals surface area contributed by atoms with Gasteiger partial charge in [0.15, 0.2) is 0 Å². The van der Waals surface area contributed by atoms with Crippen LogP contribution in [0.15, 0.2) is 48.5 Å². The third-order valence-electron chi connectivity index (χ3n) is 3.61. The monoisotopic (exact) mass is 332 g/mol. The first-order chi connectivity index (χ1) is 11.0. The highest BCUT2D eigenvalue weighted by Gasteiger charge is 2.16. The van der Waals surface area contributed by atoms with Crippen LogP contribution in [-0.4, -0.2) is 19.1 Å². The molecule has 1 amide bonds. The van der Waals surface area contributed by atoms with Crippen molar-refractivity contribution in [3.8, 4) is 5.75 Å².